The number of halogens is 2. The van der Waals surface area contributed by atoms with Crippen molar-refractivity contribution in [1.29, 1.82) is 0 Å². The second-order valence-corrected chi connectivity index (χ2v) is 7.50. The zero-order valence-corrected chi connectivity index (χ0v) is 12.7. The van der Waals surface area contributed by atoms with Crippen LogP contribution in [0.15, 0.2) is 23.1 Å². The number of ketones is 1. The van der Waals surface area contributed by atoms with E-state index in [1.165, 1.54) is 19.2 Å². The van der Waals surface area contributed by atoms with Crippen molar-refractivity contribution < 1.29 is 26.7 Å². The van der Waals surface area contributed by atoms with Crippen LogP contribution in [0.4, 0.5) is 8.78 Å². The number of hydrogen-bond donors (Lipinski definition) is 0. The fourth-order valence-electron chi connectivity index (χ4n) is 2.53. The molecule has 0 aliphatic heterocycles. The van der Waals surface area contributed by atoms with Gasteiger partial charge in [0.15, 0.2) is 0 Å². The van der Waals surface area contributed by atoms with Gasteiger partial charge in [-0.1, -0.05) is 19.9 Å². The van der Waals surface area contributed by atoms with E-state index in [1.54, 1.807) is 13.8 Å². The molecule has 1 atom stereocenters. The minimum absolute atomic E-state index is 0.0674. The number of carbonyl (C=O) groups is 1. The predicted molar refractivity (Wildman–Crippen MR) is 72.3 cm³/mol. The number of Topliss-reactive ketones (excluding diaryl/α,β-unsaturated/α-hetero) is 1. The standard InChI is InChI=1S/C14H16F2O4S/c1-14(2)9(7-12(14)17)8-4-5-11(10(6-8)20-3)21(18,19)13(15)16/h4-6,9,13H,7H2,1-3H3. The third kappa shape index (κ3) is 2.43. The van der Waals surface area contributed by atoms with E-state index in [4.69, 9.17) is 4.74 Å². The van der Waals surface area contributed by atoms with E-state index >= 15 is 0 Å². The van der Waals surface area contributed by atoms with Crippen LogP contribution in [-0.4, -0.2) is 27.1 Å². The van der Waals surface area contributed by atoms with Gasteiger partial charge in [0.25, 0.3) is 0 Å². The molecular formula is C14H16F2O4S. The highest BCUT2D eigenvalue weighted by Gasteiger charge is 2.48. The van der Waals surface area contributed by atoms with E-state index in [-0.39, 0.29) is 17.5 Å². The summed E-state index contributed by atoms with van der Waals surface area (Å²) in [4.78, 5) is 11.0. The zero-order valence-electron chi connectivity index (χ0n) is 11.9. The summed E-state index contributed by atoms with van der Waals surface area (Å²) in [6.45, 7) is 3.61. The lowest BCUT2D eigenvalue weighted by atomic mass is 9.59. The van der Waals surface area contributed by atoms with Gasteiger partial charge in [-0.3, -0.25) is 4.79 Å². The van der Waals surface area contributed by atoms with Crippen LogP contribution in [0.25, 0.3) is 0 Å². The van der Waals surface area contributed by atoms with Crippen LogP contribution in [0, 0.1) is 5.41 Å². The first-order chi connectivity index (χ1) is 9.62. The van der Waals surface area contributed by atoms with Crippen molar-refractivity contribution in [2.75, 3.05) is 7.11 Å². The Hall–Kier alpha value is -1.50. The minimum atomic E-state index is -4.72. The molecule has 1 aromatic carbocycles. The summed E-state index contributed by atoms with van der Waals surface area (Å²) < 4.78 is 53.4. The molecule has 0 spiro atoms. The van der Waals surface area contributed by atoms with Gasteiger partial charge in [-0.25, -0.2) is 8.42 Å². The van der Waals surface area contributed by atoms with Crippen LogP contribution in [0.1, 0.15) is 31.7 Å². The summed E-state index contributed by atoms with van der Waals surface area (Å²) in [5, 5.41) is 0. The Labute approximate surface area is 122 Å². The van der Waals surface area contributed by atoms with Gasteiger partial charge in [0.1, 0.15) is 16.4 Å². The predicted octanol–water partition coefficient (Wildman–Crippen LogP) is 2.77. The SMILES string of the molecule is COc1cc(C2CC(=O)C2(C)C)ccc1S(=O)(=O)C(F)F. The van der Waals surface area contributed by atoms with E-state index < -0.39 is 25.9 Å². The summed E-state index contributed by atoms with van der Waals surface area (Å²) in [5.41, 5.74) is 0.179. The van der Waals surface area contributed by atoms with Crippen molar-refractivity contribution in [3.63, 3.8) is 0 Å². The molecule has 0 aromatic heterocycles. The van der Waals surface area contributed by atoms with Gasteiger partial charge < -0.3 is 4.74 Å². The molecule has 1 aliphatic carbocycles. The minimum Gasteiger partial charge on any atom is -0.495 e. The number of hydrogen-bond acceptors (Lipinski definition) is 4. The number of ether oxygens (including phenoxy) is 1. The van der Waals surface area contributed by atoms with Gasteiger partial charge in [0.05, 0.1) is 7.11 Å². The Bertz CT molecular complexity index is 680. The van der Waals surface area contributed by atoms with Crippen LogP contribution < -0.4 is 4.74 Å². The molecule has 1 aromatic rings. The van der Waals surface area contributed by atoms with Gasteiger partial charge in [0.2, 0.25) is 9.84 Å². The lowest BCUT2D eigenvalue weighted by molar-refractivity contribution is -0.137. The van der Waals surface area contributed by atoms with E-state index in [1.807, 2.05) is 0 Å². The number of rotatable bonds is 4. The van der Waals surface area contributed by atoms with Crippen molar-refractivity contribution in [1.82, 2.24) is 0 Å². The molecule has 0 N–H and O–H groups in total. The highest BCUT2D eigenvalue weighted by Crippen LogP contribution is 2.50. The molecule has 21 heavy (non-hydrogen) atoms. The van der Waals surface area contributed by atoms with Crippen LogP contribution >= 0.6 is 0 Å². The Morgan fingerprint density at radius 3 is 2.38 bits per heavy atom. The average Bonchev–Trinajstić information content (AvgIpc) is 2.43. The molecule has 2 rings (SSSR count). The smallest absolute Gasteiger partial charge is 0.341 e. The van der Waals surface area contributed by atoms with Gasteiger partial charge in [-0.15, -0.1) is 0 Å². The number of methoxy groups -OCH3 is 1. The lowest BCUT2D eigenvalue weighted by Crippen LogP contribution is -2.43. The molecule has 0 radical (unpaired) electrons. The first-order valence-corrected chi connectivity index (χ1v) is 7.90. The molecule has 1 unspecified atom stereocenters. The summed E-state index contributed by atoms with van der Waals surface area (Å²) in [7, 11) is -3.49. The third-order valence-corrected chi connectivity index (χ3v) is 5.53. The first-order valence-electron chi connectivity index (χ1n) is 6.35. The molecule has 1 saturated carbocycles. The van der Waals surface area contributed by atoms with Gasteiger partial charge in [-0.05, 0) is 17.7 Å². The number of benzene rings is 1. The van der Waals surface area contributed by atoms with Gasteiger partial charge in [-0.2, -0.15) is 8.78 Å². The Kier molecular flexibility index (Phi) is 3.82. The Morgan fingerprint density at radius 2 is 1.95 bits per heavy atom. The normalized spacial score (nSPS) is 21.2. The highest BCUT2D eigenvalue weighted by molar-refractivity contribution is 7.91. The van der Waals surface area contributed by atoms with Crippen LogP contribution in [0.2, 0.25) is 0 Å². The zero-order chi connectivity index (χ0) is 16.0. The van der Waals surface area contributed by atoms with Crippen molar-refractivity contribution in [2.24, 2.45) is 5.41 Å². The first kappa shape index (κ1) is 15.9. The maximum atomic E-state index is 12.6. The van der Waals surface area contributed by atoms with Crippen LogP contribution in [-0.2, 0) is 14.6 Å². The van der Waals surface area contributed by atoms with E-state index in [0.717, 1.165) is 6.07 Å². The molecule has 4 nitrogen and oxygen atoms in total. The largest absolute Gasteiger partial charge is 0.495 e. The van der Waals surface area contributed by atoms with Crippen molar-refractivity contribution in [2.45, 2.75) is 36.8 Å². The molecule has 0 amide bonds. The quantitative estimate of drug-likeness (QED) is 0.856. The van der Waals surface area contributed by atoms with Gasteiger partial charge >= 0.3 is 5.76 Å². The van der Waals surface area contributed by atoms with E-state index in [9.17, 15) is 22.0 Å². The summed E-state index contributed by atoms with van der Waals surface area (Å²) in [6.07, 6.45) is 0.358. The highest BCUT2D eigenvalue weighted by atomic mass is 32.2. The molecule has 1 aliphatic rings. The van der Waals surface area contributed by atoms with Crippen molar-refractivity contribution in [3.05, 3.63) is 23.8 Å². The molecular weight excluding hydrogens is 302 g/mol. The second kappa shape index (κ2) is 5.05. The molecule has 0 saturated heterocycles. The summed E-state index contributed by atoms with van der Waals surface area (Å²) in [5.74, 6) is -3.57. The van der Waals surface area contributed by atoms with Crippen molar-refractivity contribution in [3.8, 4) is 5.75 Å². The maximum absolute atomic E-state index is 12.6. The Balaban J connectivity index is 2.46. The van der Waals surface area contributed by atoms with Gasteiger partial charge in [0, 0.05) is 17.8 Å². The number of alkyl halides is 2. The molecule has 1 fully saturated rings. The molecule has 0 heterocycles. The molecule has 0 bridgehead atoms. The second-order valence-electron chi connectivity index (χ2n) is 5.62. The topological polar surface area (TPSA) is 60.4 Å². The number of carbonyl (C=O) groups excluding carboxylic acids is 1. The van der Waals surface area contributed by atoms with Crippen LogP contribution in [0.3, 0.4) is 0 Å². The monoisotopic (exact) mass is 318 g/mol. The van der Waals surface area contributed by atoms with Crippen LogP contribution in [0.5, 0.6) is 5.75 Å². The third-order valence-electron chi connectivity index (χ3n) is 4.11. The fraction of sp³-hybridized carbons (Fsp3) is 0.500. The summed E-state index contributed by atoms with van der Waals surface area (Å²) >= 11 is 0. The lowest BCUT2D eigenvalue weighted by Gasteiger charge is -2.43. The average molecular weight is 318 g/mol. The van der Waals surface area contributed by atoms with E-state index in [0.29, 0.717) is 12.0 Å². The molecule has 116 valence electrons. The maximum Gasteiger partial charge on any atom is 0.341 e. The fourth-order valence-corrected chi connectivity index (χ4v) is 3.41. The number of sulfone groups is 1. The Morgan fingerprint density at radius 1 is 1.33 bits per heavy atom. The van der Waals surface area contributed by atoms with Crippen molar-refractivity contribution >= 4 is 15.6 Å². The van der Waals surface area contributed by atoms with E-state index in [2.05, 4.69) is 0 Å². The summed E-state index contributed by atoms with van der Waals surface area (Å²) in [6, 6.07) is 4.01. The molecule has 7 heteroatoms.